The van der Waals surface area contributed by atoms with Gasteiger partial charge in [0.15, 0.2) is 5.78 Å². The maximum atomic E-state index is 10.5. The Kier molecular flexibility index (Phi) is 0.724. The number of ether oxygens (including phenoxy) is 2. The number of hydrogen-bond donors (Lipinski definition) is 0. The summed E-state index contributed by atoms with van der Waals surface area (Å²) in [6.07, 6.45) is 0.975. The van der Waals surface area contributed by atoms with Crippen LogP contribution in [0.4, 0.5) is 0 Å². The van der Waals surface area contributed by atoms with Crippen LogP contribution in [0, 0.1) is 0 Å². The SMILES string of the molecule is [2H]C1([2H])OC=C(C(C)=O)O1. The van der Waals surface area contributed by atoms with Gasteiger partial charge in [-0.25, -0.2) is 0 Å². The Morgan fingerprint density at radius 1 is 2.12 bits per heavy atom. The predicted molar refractivity (Wildman–Crippen MR) is 25.8 cm³/mol. The van der Waals surface area contributed by atoms with Crippen molar-refractivity contribution < 1.29 is 17.0 Å². The Balaban J connectivity index is 2.64. The molecule has 0 aromatic heterocycles. The topological polar surface area (TPSA) is 35.5 Å². The van der Waals surface area contributed by atoms with Crippen LogP contribution >= 0.6 is 0 Å². The lowest BCUT2D eigenvalue weighted by atomic mass is 10.4. The summed E-state index contributed by atoms with van der Waals surface area (Å²) in [7, 11) is 0. The Bertz CT molecular complexity index is 197. The molecule has 0 saturated carbocycles. The van der Waals surface area contributed by atoms with Gasteiger partial charge in [-0.1, -0.05) is 0 Å². The second-order valence-corrected chi connectivity index (χ2v) is 1.34. The molecule has 8 heavy (non-hydrogen) atoms. The minimum Gasteiger partial charge on any atom is -0.461 e. The molecule has 0 radical (unpaired) electrons. The Morgan fingerprint density at radius 3 is 3.12 bits per heavy atom. The van der Waals surface area contributed by atoms with Crippen molar-refractivity contribution in [1.29, 1.82) is 0 Å². The van der Waals surface area contributed by atoms with Crippen molar-refractivity contribution in [2.75, 3.05) is 6.75 Å². The Labute approximate surface area is 49.7 Å². The molecular weight excluding hydrogens is 108 g/mol. The van der Waals surface area contributed by atoms with Crippen LogP contribution in [0.3, 0.4) is 0 Å². The highest BCUT2D eigenvalue weighted by Gasteiger charge is 2.09. The number of rotatable bonds is 1. The van der Waals surface area contributed by atoms with Crippen LogP contribution in [0.5, 0.6) is 0 Å². The third-order valence-electron chi connectivity index (χ3n) is 0.713. The quantitative estimate of drug-likeness (QED) is 0.498. The number of carbonyl (C=O) groups is 1. The van der Waals surface area contributed by atoms with Gasteiger partial charge >= 0.3 is 0 Å². The van der Waals surface area contributed by atoms with Crippen LogP contribution in [0.2, 0.25) is 0 Å². The summed E-state index contributed by atoms with van der Waals surface area (Å²) in [6, 6.07) is 0. The summed E-state index contributed by atoms with van der Waals surface area (Å²) in [4.78, 5) is 10.5. The first-order valence-electron chi connectivity index (χ1n) is 3.09. The van der Waals surface area contributed by atoms with Crippen LogP contribution in [0.25, 0.3) is 0 Å². The number of allylic oxidation sites excluding steroid dienone is 1. The fourth-order valence-corrected chi connectivity index (χ4v) is 0.325. The molecule has 0 aliphatic carbocycles. The van der Waals surface area contributed by atoms with Gasteiger partial charge in [0, 0.05) is 6.92 Å². The van der Waals surface area contributed by atoms with Crippen molar-refractivity contribution in [3.63, 3.8) is 0 Å². The van der Waals surface area contributed by atoms with Crippen LogP contribution in [0.1, 0.15) is 9.67 Å². The number of carbonyl (C=O) groups excluding carboxylic acids is 1. The van der Waals surface area contributed by atoms with Crippen molar-refractivity contribution >= 4 is 5.78 Å². The second kappa shape index (κ2) is 1.86. The first-order chi connectivity index (χ1) is 4.51. The highest BCUT2D eigenvalue weighted by Crippen LogP contribution is 2.05. The van der Waals surface area contributed by atoms with Gasteiger partial charge in [-0.2, -0.15) is 0 Å². The average Bonchev–Trinajstić information content (AvgIpc) is 2.10. The molecule has 0 atom stereocenters. The van der Waals surface area contributed by atoms with E-state index < -0.39 is 6.75 Å². The zero-order valence-electron chi connectivity index (χ0n) is 6.30. The van der Waals surface area contributed by atoms with Crippen molar-refractivity contribution in [2.45, 2.75) is 6.92 Å². The Morgan fingerprint density at radius 2 is 2.88 bits per heavy atom. The third-order valence-corrected chi connectivity index (χ3v) is 0.713. The maximum Gasteiger partial charge on any atom is 0.230 e. The first kappa shape index (κ1) is 3.12. The average molecular weight is 116 g/mol. The molecule has 44 valence electrons. The van der Waals surface area contributed by atoms with Crippen molar-refractivity contribution in [1.82, 2.24) is 0 Å². The van der Waals surface area contributed by atoms with Crippen molar-refractivity contribution in [2.24, 2.45) is 0 Å². The van der Waals surface area contributed by atoms with E-state index in [4.69, 9.17) is 2.74 Å². The van der Waals surface area contributed by atoms with Gasteiger partial charge in [0.05, 0.1) is 0 Å². The van der Waals surface area contributed by atoms with E-state index in [1.54, 1.807) is 0 Å². The number of ketones is 1. The molecule has 1 aliphatic rings. The van der Waals surface area contributed by atoms with Crippen LogP contribution in [-0.2, 0) is 14.3 Å². The molecule has 0 saturated heterocycles. The lowest BCUT2D eigenvalue weighted by Gasteiger charge is -1.91. The van der Waals surface area contributed by atoms with Gasteiger partial charge in [0.25, 0.3) is 0 Å². The summed E-state index contributed by atoms with van der Waals surface area (Å²) in [5.74, 6) is -0.425. The Hall–Kier alpha value is -0.990. The molecule has 3 nitrogen and oxygen atoms in total. The normalized spacial score (nSPS) is 26.4. The highest BCUT2D eigenvalue weighted by atomic mass is 16.7. The van der Waals surface area contributed by atoms with E-state index >= 15 is 0 Å². The van der Waals surface area contributed by atoms with E-state index in [9.17, 15) is 4.79 Å². The van der Waals surface area contributed by atoms with Gasteiger partial charge < -0.3 is 9.47 Å². The minimum atomic E-state index is -2.17. The molecule has 3 heteroatoms. The summed E-state index contributed by atoms with van der Waals surface area (Å²) in [6.45, 7) is -0.891. The summed E-state index contributed by atoms with van der Waals surface area (Å²) in [5.41, 5.74) is 0. The maximum absolute atomic E-state index is 10.5. The fourth-order valence-electron chi connectivity index (χ4n) is 0.325. The zero-order chi connectivity index (χ0) is 7.78. The van der Waals surface area contributed by atoms with E-state index in [0.717, 1.165) is 6.26 Å². The van der Waals surface area contributed by atoms with Gasteiger partial charge in [-0.3, -0.25) is 4.79 Å². The minimum absolute atomic E-state index is 0.0787. The van der Waals surface area contributed by atoms with Gasteiger partial charge in [-0.05, 0) is 0 Å². The molecule has 0 aromatic carbocycles. The van der Waals surface area contributed by atoms with Gasteiger partial charge in [-0.15, -0.1) is 0 Å². The molecule has 0 N–H and O–H groups in total. The molecule has 0 spiro atoms. The highest BCUT2D eigenvalue weighted by molar-refractivity contribution is 5.91. The van der Waals surface area contributed by atoms with Crippen LogP contribution < -0.4 is 0 Å². The lowest BCUT2D eigenvalue weighted by Crippen LogP contribution is -1.95. The van der Waals surface area contributed by atoms with Crippen molar-refractivity contribution in [3.8, 4) is 0 Å². The summed E-state index contributed by atoms with van der Waals surface area (Å²) >= 11 is 0. The molecule has 0 fully saturated rings. The fraction of sp³-hybridized carbons (Fsp3) is 0.400. The zero-order valence-corrected chi connectivity index (χ0v) is 4.30. The van der Waals surface area contributed by atoms with E-state index in [1.807, 2.05) is 0 Å². The molecule has 1 heterocycles. The standard InChI is InChI=1S/C5H6O3/c1-4(6)5-2-7-3-8-5/h2H,3H2,1H3/i3D2. The van der Waals surface area contributed by atoms with E-state index in [0.29, 0.717) is 0 Å². The molecule has 0 bridgehead atoms. The summed E-state index contributed by atoms with van der Waals surface area (Å²) in [5, 5.41) is 0. The lowest BCUT2D eigenvalue weighted by molar-refractivity contribution is -0.116. The molecule has 1 aliphatic heterocycles. The van der Waals surface area contributed by atoms with Gasteiger partial charge in [0.1, 0.15) is 9.00 Å². The largest absolute Gasteiger partial charge is 0.461 e. The molecule has 0 aromatic rings. The smallest absolute Gasteiger partial charge is 0.230 e. The van der Waals surface area contributed by atoms with Crippen LogP contribution in [0.15, 0.2) is 12.0 Å². The molecule has 0 unspecified atom stereocenters. The van der Waals surface area contributed by atoms with E-state index in [2.05, 4.69) is 9.47 Å². The third kappa shape index (κ3) is 0.804. The molecular formula is C5H6O3. The number of Topliss-reactive ketones (excluding diaryl/α,β-unsaturated/α-hetero) is 1. The predicted octanol–water partition coefficient (Wildman–Crippen LogP) is 0.421. The van der Waals surface area contributed by atoms with E-state index in [1.165, 1.54) is 6.92 Å². The first-order valence-corrected chi connectivity index (χ1v) is 2.09. The van der Waals surface area contributed by atoms with Crippen LogP contribution in [-0.4, -0.2) is 12.5 Å². The van der Waals surface area contributed by atoms with Gasteiger partial charge in [0.2, 0.25) is 12.5 Å². The summed E-state index contributed by atoms with van der Waals surface area (Å²) < 4.78 is 22.4. The number of hydrogen-bond acceptors (Lipinski definition) is 3. The second-order valence-electron chi connectivity index (χ2n) is 1.34. The molecule has 0 amide bonds. The molecule has 1 rings (SSSR count). The van der Waals surface area contributed by atoms with E-state index in [-0.39, 0.29) is 11.5 Å². The van der Waals surface area contributed by atoms with Crippen molar-refractivity contribution in [3.05, 3.63) is 12.0 Å². The monoisotopic (exact) mass is 116 g/mol.